The second-order valence-corrected chi connectivity index (χ2v) is 7.85. The van der Waals surface area contributed by atoms with Gasteiger partial charge in [-0.15, -0.1) is 0 Å². The summed E-state index contributed by atoms with van der Waals surface area (Å²) in [6.45, 7) is 11.7. The van der Waals surface area contributed by atoms with Gasteiger partial charge in [0.05, 0.1) is 0 Å². The molecule has 0 aromatic rings. The second-order valence-electron chi connectivity index (χ2n) is 7.85. The van der Waals surface area contributed by atoms with Crippen LogP contribution in [-0.2, 0) is 4.79 Å². The van der Waals surface area contributed by atoms with Crippen molar-refractivity contribution in [1.82, 2.24) is 15.1 Å². The molecule has 0 bridgehead atoms. The zero-order valence-corrected chi connectivity index (χ0v) is 16.0. The van der Waals surface area contributed by atoms with Crippen LogP contribution < -0.4 is 5.32 Å². The average Bonchev–Trinajstić information content (AvgIpc) is 2.71. The van der Waals surface area contributed by atoms with Gasteiger partial charge in [-0.05, 0) is 53.5 Å². The van der Waals surface area contributed by atoms with Crippen molar-refractivity contribution in [3.05, 3.63) is 23.3 Å². The maximum absolute atomic E-state index is 11.7. The third-order valence-corrected chi connectivity index (χ3v) is 5.60. The number of carbonyl (C=O) groups excluding carboxylic acids is 1. The number of likely N-dealkylation sites (N-methyl/N-ethyl adjacent to an activating group) is 1. The summed E-state index contributed by atoms with van der Waals surface area (Å²) in [6, 6.07) is 0. The molecule has 1 amide bonds. The highest BCUT2D eigenvalue weighted by Gasteiger charge is 2.40. The van der Waals surface area contributed by atoms with Crippen molar-refractivity contribution in [3.8, 4) is 0 Å². The molecule has 4 nitrogen and oxygen atoms in total. The standard InChI is InChI=1S/C20H35N3O/c1-17(2)6-5-7-18(3)9-13-23-15-14-22(4)20(16-23)10-8-19(24)21-12-11-20/h6,9H,5,7-8,10-16H2,1-4H3,(H,21,24). The molecule has 0 aromatic carbocycles. The van der Waals surface area contributed by atoms with Gasteiger partial charge in [0.15, 0.2) is 0 Å². The fourth-order valence-corrected chi connectivity index (χ4v) is 3.81. The Balaban J connectivity index is 1.90. The van der Waals surface area contributed by atoms with E-state index in [1.807, 2.05) is 0 Å². The fraction of sp³-hybridized carbons (Fsp3) is 0.750. The molecule has 2 rings (SSSR count). The van der Waals surface area contributed by atoms with Gasteiger partial charge in [0.2, 0.25) is 5.91 Å². The molecule has 1 unspecified atom stereocenters. The number of nitrogens with one attached hydrogen (secondary N) is 1. The molecule has 1 N–H and O–H groups in total. The van der Waals surface area contributed by atoms with E-state index in [-0.39, 0.29) is 11.4 Å². The van der Waals surface area contributed by atoms with Gasteiger partial charge in [-0.1, -0.05) is 23.3 Å². The lowest BCUT2D eigenvalue weighted by molar-refractivity contribution is -0.121. The molecular formula is C20H35N3O. The molecule has 1 atom stereocenters. The number of amides is 1. The van der Waals surface area contributed by atoms with Crippen molar-refractivity contribution < 1.29 is 4.79 Å². The highest BCUT2D eigenvalue weighted by molar-refractivity contribution is 5.76. The minimum Gasteiger partial charge on any atom is -0.356 e. The van der Waals surface area contributed by atoms with E-state index in [0.29, 0.717) is 6.42 Å². The normalized spacial score (nSPS) is 27.0. The molecule has 4 heteroatoms. The number of carbonyl (C=O) groups is 1. The number of piperazine rings is 1. The van der Waals surface area contributed by atoms with Crippen LogP contribution in [0.2, 0.25) is 0 Å². The fourth-order valence-electron chi connectivity index (χ4n) is 3.81. The first kappa shape index (κ1) is 19.2. The van der Waals surface area contributed by atoms with Crippen LogP contribution in [0.25, 0.3) is 0 Å². The third kappa shape index (κ3) is 5.45. The van der Waals surface area contributed by atoms with E-state index < -0.39 is 0 Å². The van der Waals surface area contributed by atoms with Gasteiger partial charge in [-0.2, -0.15) is 0 Å². The Bertz CT molecular complexity index is 493. The van der Waals surface area contributed by atoms with Crippen molar-refractivity contribution in [2.75, 3.05) is 39.8 Å². The predicted octanol–water partition coefficient (Wildman–Crippen LogP) is 2.97. The summed E-state index contributed by atoms with van der Waals surface area (Å²) in [5, 5.41) is 3.03. The Hall–Kier alpha value is -1.13. The molecule has 1 spiro atoms. The summed E-state index contributed by atoms with van der Waals surface area (Å²) >= 11 is 0. The third-order valence-electron chi connectivity index (χ3n) is 5.60. The first-order chi connectivity index (χ1) is 11.4. The van der Waals surface area contributed by atoms with Gasteiger partial charge >= 0.3 is 0 Å². The summed E-state index contributed by atoms with van der Waals surface area (Å²) in [5.74, 6) is 0.215. The lowest BCUT2D eigenvalue weighted by Crippen LogP contribution is -2.61. The Morgan fingerprint density at radius 1 is 1.21 bits per heavy atom. The molecule has 0 radical (unpaired) electrons. The van der Waals surface area contributed by atoms with Crippen LogP contribution in [0.15, 0.2) is 23.3 Å². The van der Waals surface area contributed by atoms with Gasteiger partial charge in [-0.3, -0.25) is 14.6 Å². The number of rotatable bonds is 5. The van der Waals surface area contributed by atoms with Crippen molar-refractivity contribution in [2.24, 2.45) is 0 Å². The molecular weight excluding hydrogens is 298 g/mol. The van der Waals surface area contributed by atoms with Gasteiger partial charge in [0.1, 0.15) is 0 Å². The quantitative estimate of drug-likeness (QED) is 0.786. The van der Waals surface area contributed by atoms with Crippen LogP contribution in [0.1, 0.15) is 52.9 Å². The largest absolute Gasteiger partial charge is 0.356 e. The Morgan fingerprint density at radius 3 is 2.75 bits per heavy atom. The molecule has 24 heavy (non-hydrogen) atoms. The van der Waals surface area contributed by atoms with Crippen LogP contribution in [0, 0.1) is 0 Å². The molecule has 2 saturated heterocycles. The van der Waals surface area contributed by atoms with Gasteiger partial charge in [0, 0.05) is 44.7 Å². The molecule has 0 aliphatic carbocycles. The minimum absolute atomic E-state index is 0.168. The maximum atomic E-state index is 11.7. The zero-order valence-electron chi connectivity index (χ0n) is 16.0. The Kier molecular flexibility index (Phi) is 7.05. The summed E-state index contributed by atoms with van der Waals surface area (Å²) in [7, 11) is 2.23. The summed E-state index contributed by atoms with van der Waals surface area (Å²) in [6.07, 6.45) is 9.73. The van der Waals surface area contributed by atoms with E-state index in [2.05, 4.69) is 55.1 Å². The van der Waals surface area contributed by atoms with E-state index in [9.17, 15) is 4.79 Å². The van der Waals surface area contributed by atoms with Crippen LogP contribution in [0.3, 0.4) is 0 Å². The first-order valence-corrected chi connectivity index (χ1v) is 9.41. The molecule has 2 fully saturated rings. The minimum atomic E-state index is 0.168. The maximum Gasteiger partial charge on any atom is 0.220 e. The van der Waals surface area contributed by atoms with Gasteiger partial charge in [-0.25, -0.2) is 0 Å². The van der Waals surface area contributed by atoms with E-state index in [1.165, 1.54) is 11.1 Å². The number of allylic oxidation sites excluding steroid dienone is 3. The van der Waals surface area contributed by atoms with E-state index >= 15 is 0 Å². The van der Waals surface area contributed by atoms with Crippen molar-refractivity contribution >= 4 is 5.91 Å². The number of hydrogen-bond donors (Lipinski definition) is 1. The summed E-state index contributed by atoms with van der Waals surface area (Å²) in [4.78, 5) is 16.8. The summed E-state index contributed by atoms with van der Waals surface area (Å²) < 4.78 is 0. The molecule has 136 valence electrons. The summed E-state index contributed by atoms with van der Waals surface area (Å²) in [5.41, 5.74) is 3.06. The average molecular weight is 334 g/mol. The number of hydrogen-bond acceptors (Lipinski definition) is 3. The molecule has 0 saturated carbocycles. The molecule has 0 aromatic heterocycles. The Morgan fingerprint density at radius 2 is 2.00 bits per heavy atom. The second kappa shape index (κ2) is 8.82. The van der Waals surface area contributed by atoms with Crippen LogP contribution in [0.4, 0.5) is 0 Å². The van der Waals surface area contributed by atoms with Crippen molar-refractivity contribution in [1.29, 1.82) is 0 Å². The van der Waals surface area contributed by atoms with E-state index in [4.69, 9.17) is 0 Å². The Labute approximate surface area is 148 Å². The van der Waals surface area contributed by atoms with Crippen molar-refractivity contribution in [3.63, 3.8) is 0 Å². The molecule has 2 heterocycles. The smallest absolute Gasteiger partial charge is 0.220 e. The van der Waals surface area contributed by atoms with Crippen LogP contribution >= 0.6 is 0 Å². The van der Waals surface area contributed by atoms with E-state index in [1.54, 1.807) is 0 Å². The van der Waals surface area contributed by atoms with Gasteiger partial charge < -0.3 is 5.32 Å². The first-order valence-electron chi connectivity index (χ1n) is 9.41. The van der Waals surface area contributed by atoms with Crippen LogP contribution in [0.5, 0.6) is 0 Å². The zero-order chi connectivity index (χ0) is 17.6. The SMILES string of the molecule is CC(C)=CCCC(C)=CCN1CCN(C)C2(CCNC(=O)CC2)C1. The lowest BCUT2D eigenvalue weighted by atomic mass is 9.86. The van der Waals surface area contributed by atoms with Crippen LogP contribution in [-0.4, -0.2) is 61.0 Å². The van der Waals surface area contributed by atoms with Crippen molar-refractivity contribution in [2.45, 2.75) is 58.4 Å². The monoisotopic (exact) mass is 333 g/mol. The predicted molar refractivity (Wildman–Crippen MR) is 101 cm³/mol. The highest BCUT2D eigenvalue weighted by atomic mass is 16.1. The molecule has 2 aliphatic rings. The lowest BCUT2D eigenvalue weighted by Gasteiger charge is -2.49. The van der Waals surface area contributed by atoms with Gasteiger partial charge in [0.25, 0.3) is 0 Å². The topological polar surface area (TPSA) is 35.6 Å². The number of nitrogens with zero attached hydrogens (tertiary/aromatic N) is 2. The molecule has 2 aliphatic heterocycles. The highest BCUT2D eigenvalue weighted by Crippen LogP contribution is 2.30. The van der Waals surface area contributed by atoms with E-state index in [0.717, 1.165) is 58.4 Å².